The molecule has 1 unspecified atom stereocenters. The Morgan fingerprint density at radius 1 is 1.32 bits per heavy atom. The molecule has 0 aromatic carbocycles. The van der Waals surface area contributed by atoms with Crippen LogP contribution in [0.2, 0.25) is 0 Å². The summed E-state index contributed by atoms with van der Waals surface area (Å²) in [5.41, 5.74) is 1.21. The van der Waals surface area contributed by atoms with Crippen molar-refractivity contribution >= 4 is 51.9 Å². The molecule has 19 heavy (non-hydrogen) atoms. The molecule has 0 bridgehead atoms. The van der Waals surface area contributed by atoms with Crippen molar-refractivity contribution < 1.29 is 0 Å². The topological polar surface area (TPSA) is 37.8 Å². The molecule has 1 aliphatic rings. The maximum absolute atomic E-state index is 4.84. The van der Waals surface area contributed by atoms with E-state index in [0.29, 0.717) is 5.25 Å². The van der Waals surface area contributed by atoms with E-state index in [-0.39, 0.29) is 0 Å². The zero-order chi connectivity index (χ0) is 13.7. The van der Waals surface area contributed by atoms with Gasteiger partial charge < -0.3 is 5.32 Å². The third-order valence-corrected chi connectivity index (χ3v) is 6.76. The second-order valence-corrected chi connectivity index (χ2v) is 7.94. The number of thioether (sulfide) groups is 2. The molecule has 1 atom stereocenters. The number of anilines is 1. The summed E-state index contributed by atoms with van der Waals surface area (Å²) in [6.45, 7) is 5.23. The second kappa shape index (κ2) is 7.93. The third kappa shape index (κ3) is 4.14. The van der Waals surface area contributed by atoms with E-state index in [2.05, 4.69) is 41.8 Å². The molecule has 1 aromatic rings. The first-order valence-corrected chi connectivity index (χ1v) is 10.0. The number of aromatic nitrogens is 2. The molecule has 1 N–H and O–H groups in total. The first-order valence-electron chi connectivity index (χ1n) is 6.75. The van der Waals surface area contributed by atoms with Crippen LogP contribution in [-0.2, 0) is 6.42 Å². The quantitative estimate of drug-likeness (QED) is 0.745. The summed E-state index contributed by atoms with van der Waals surface area (Å²) in [5.74, 6) is 5.66. The van der Waals surface area contributed by atoms with Crippen LogP contribution in [0, 0.1) is 3.57 Å². The minimum atomic E-state index is 0.462. The van der Waals surface area contributed by atoms with Gasteiger partial charge in [0, 0.05) is 23.8 Å². The van der Waals surface area contributed by atoms with Crippen molar-refractivity contribution in [2.45, 2.75) is 31.9 Å². The molecule has 2 rings (SSSR count). The lowest BCUT2D eigenvalue weighted by Crippen LogP contribution is -2.15. The molecule has 3 nitrogen and oxygen atoms in total. The molecule has 0 saturated carbocycles. The maximum atomic E-state index is 4.84. The standard InChI is InChI=1S/C13H20IN3S2/c1-3-5-9-11(14)13(15-4-2)17-12(16-9)10-8-18-6-7-19-10/h10H,3-8H2,1-2H3,(H,15,16,17). The second-order valence-electron chi connectivity index (χ2n) is 4.41. The van der Waals surface area contributed by atoms with Crippen molar-refractivity contribution in [2.75, 3.05) is 29.1 Å². The Kier molecular flexibility index (Phi) is 6.55. The van der Waals surface area contributed by atoms with Gasteiger partial charge in [-0.15, -0.1) is 11.8 Å². The highest BCUT2D eigenvalue weighted by atomic mass is 127. The fourth-order valence-corrected chi connectivity index (χ4v) is 5.28. The number of aryl methyl sites for hydroxylation is 1. The highest BCUT2D eigenvalue weighted by Gasteiger charge is 2.22. The summed E-state index contributed by atoms with van der Waals surface area (Å²) in [4.78, 5) is 9.60. The van der Waals surface area contributed by atoms with Crippen molar-refractivity contribution in [3.8, 4) is 0 Å². The number of halogens is 1. The lowest BCUT2D eigenvalue weighted by Gasteiger charge is -2.21. The van der Waals surface area contributed by atoms with Crippen LogP contribution >= 0.6 is 46.1 Å². The molecule has 0 amide bonds. The fraction of sp³-hybridized carbons (Fsp3) is 0.692. The van der Waals surface area contributed by atoms with Crippen LogP contribution in [0.25, 0.3) is 0 Å². The van der Waals surface area contributed by atoms with Gasteiger partial charge in [0.15, 0.2) is 0 Å². The van der Waals surface area contributed by atoms with Crippen molar-refractivity contribution in [1.29, 1.82) is 0 Å². The Labute approximate surface area is 137 Å². The summed E-state index contributed by atoms with van der Waals surface area (Å²) in [6, 6.07) is 0. The van der Waals surface area contributed by atoms with E-state index in [9.17, 15) is 0 Å². The Hall–Kier alpha value is 0.310. The van der Waals surface area contributed by atoms with Gasteiger partial charge >= 0.3 is 0 Å². The Balaban J connectivity index is 2.30. The van der Waals surface area contributed by atoms with E-state index in [1.165, 1.54) is 20.8 Å². The van der Waals surface area contributed by atoms with E-state index < -0.39 is 0 Å². The largest absolute Gasteiger partial charge is 0.369 e. The molecule has 106 valence electrons. The summed E-state index contributed by atoms with van der Waals surface area (Å²) < 4.78 is 1.19. The first kappa shape index (κ1) is 15.7. The summed E-state index contributed by atoms with van der Waals surface area (Å²) in [7, 11) is 0. The summed E-state index contributed by atoms with van der Waals surface area (Å²) in [5, 5.41) is 3.84. The van der Waals surface area contributed by atoms with Crippen LogP contribution in [-0.4, -0.2) is 33.8 Å². The molecule has 0 aliphatic carbocycles. The molecule has 2 heterocycles. The Morgan fingerprint density at radius 2 is 2.16 bits per heavy atom. The average Bonchev–Trinajstić information content (AvgIpc) is 2.44. The molecular formula is C13H20IN3S2. The van der Waals surface area contributed by atoms with Gasteiger partial charge in [0.1, 0.15) is 11.6 Å². The number of rotatable bonds is 5. The molecule has 6 heteroatoms. The monoisotopic (exact) mass is 409 g/mol. The van der Waals surface area contributed by atoms with Gasteiger partial charge in [-0.1, -0.05) is 13.3 Å². The van der Waals surface area contributed by atoms with Gasteiger partial charge in [-0.2, -0.15) is 11.8 Å². The zero-order valence-corrected chi connectivity index (χ0v) is 15.2. The van der Waals surface area contributed by atoms with Crippen molar-refractivity contribution in [3.63, 3.8) is 0 Å². The molecule has 1 fully saturated rings. The molecule has 0 spiro atoms. The number of nitrogens with one attached hydrogen (secondary N) is 1. The van der Waals surface area contributed by atoms with E-state index in [4.69, 9.17) is 9.97 Å². The third-order valence-electron chi connectivity index (χ3n) is 2.87. The van der Waals surface area contributed by atoms with Gasteiger partial charge in [0.05, 0.1) is 14.5 Å². The Bertz CT molecular complexity index is 395. The van der Waals surface area contributed by atoms with Gasteiger partial charge in [0.2, 0.25) is 0 Å². The van der Waals surface area contributed by atoms with Crippen LogP contribution in [0.5, 0.6) is 0 Å². The van der Waals surface area contributed by atoms with Crippen LogP contribution in [0.1, 0.15) is 37.0 Å². The summed E-state index contributed by atoms with van der Waals surface area (Å²) in [6.07, 6.45) is 2.17. The van der Waals surface area contributed by atoms with Crippen LogP contribution in [0.3, 0.4) is 0 Å². The van der Waals surface area contributed by atoms with Crippen LogP contribution in [0.15, 0.2) is 0 Å². The highest BCUT2D eigenvalue weighted by Crippen LogP contribution is 2.36. The lowest BCUT2D eigenvalue weighted by atomic mass is 10.2. The average molecular weight is 409 g/mol. The van der Waals surface area contributed by atoms with Crippen LogP contribution in [0.4, 0.5) is 5.82 Å². The zero-order valence-electron chi connectivity index (χ0n) is 11.4. The number of nitrogens with zero attached hydrogens (tertiary/aromatic N) is 2. The van der Waals surface area contributed by atoms with E-state index >= 15 is 0 Å². The molecule has 1 aromatic heterocycles. The van der Waals surface area contributed by atoms with E-state index in [0.717, 1.165) is 36.8 Å². The van der Waals surface area contributed by atoms with Crippen molar-refractivity contribution in [1.82, 2.24) is 9.97 Å². The van der Waals surface area contributed by atoms with Crippen molar-refractivity contribution in [2.24, 2.45) is 0 Å². The van der Waals surface area contributed by atoms with Gasteiger partial charge in [-0.3, -0.25) is 0 Å². The predicted octanol–water partition coefficient (Wildman–Crippen LogP) is 3.99. The number of hydrogen-bond donors (Lipinski definition) is 1. The molecule has 1 aliphatic heterocycles. The van der Waals surface area contributed by atoms with Gasteiger partial charge in [0.25, 0.3) is 0 Å². The van der Waals surface area contributed by atoms with Gasteiger partial charge in [-0.05, 0) is 35.9 Å². The fourth-order valence-electron chi connectivity index (χ4n) is 1.98. The smallest absolute Gasteiger partial charge is 0.144 e. The van der Waals surface area contributed by atoms with Crippen LogP contribution < -0.4 is 5.32 Å². The molecule has 0 radical (unpaired) electrons. The Morgan fingerprint density at radius 3 is 2.79 bits per heavy atom. The normalized spacial score (nSPS) is 19.4. The molecule has 1 saturated heterocycles. The minimum absolute atomic E-state index is 0.462. The lowest BCUT2D eigenvalue weighted by molar-refractivity contribution is 0.821. The van der Waals surface area contributed by atoms with Gasteiger partial charge in [-0.25, -0.2) is 9.97 Å². The molecular weight excluding hydrogens is 389 g/mol. The maximum Gasteiger partial charge on any atom is 0.144 e. The van der Waals surface area contributed by atoms with E-state index in [1.807, 2.05) is 23.5 Å². The SMILES string of the molecule is CCCc1nc(C2CSCCS2)nc(NCC)c1I. The highest BCUT2D eigenvalue weighted by molar-refractivity contribution is 14.1. The van der Waals surface area contributed by atoms with E-state index in [1.54, 1.807) is 0 Å². The predicted molar refractivity (Wildman–Crippen MR) is 95.4 cm³/mol. The minimum Gasteiger partial charge on any atom is -0.369 e. The summed E-state index contributed by atoms with van der Waals surface area (Å²) >= 11 is 6.39. The first-order chi connectivity index (χ1) is 9.26. The van der Waals surface area contributed by atoms with Crippen molar-refractivity contribution in [3.05, 3.63) is 15.1 Å². The number of hydrogen-bond acceptors (Lipinski definition) is 5.